The van der Waals surface area contributed by atoms with Crippen LogP contribution in [0.25, 0.3) is 10.8 Å². The lowest BCUT2D eigenvalue weighted by Gasteiger charge is -2.27. The lowest BCUT2D eigenvalue weighted by Crippen LogP contribution is -2.31. The van der Waals surface area contributed by atoms with Gasteiger partial charge in [0.05, 0.1) is 0 Å². The second kappa shape index (κ2) is 5.41. The van der Waals surface area contributed by atoms with Gasteiger partial charge in [-0.2, -0.15) is 0 Å². The van der Waals surface area contributed by atoms with Crippen molar-refractivity contribution >= 4 is 16.6 Å². The molecule has 1 N–H and O–H groups in total. The Hall–Kier alpha value is -1.61. The maximum absolute atomic E-state index is 4.74. The van der Waals surface area contributed by atoms with Gasteiger partial charge < -0.3 is 10.2 Å². The highest BCUT2D eigenvalue weighted by atomic mass is 15.2. The van der Waals surface area contributed by atoms with Crippen LogP contribution in [0.3, 0.4) is 0 Å². The second-order valence-corrected chi connectivity index (χ2v) is 5.87. The van der Waals surface area contributed by atoms with Gasteiger partial charge in [-0.3, -0.25) is 0 Å². The van der Waals surface area contributed by atoms with Crippen LogP contribution in [0.5, 0.6) is 0 Å². The number of hydrogen-bond donors (Lipinski definition) is 1. The summed E-state index contributed by atoms with van der Waals surface area (Å²) in [5.41, 5.74) is 1.26. The van der Waals surface area contributed by atoms with E-state index in [4.69, 9.17) is 4.98 Å². The number of fused-ring (bicyclic) bond motifs is 1. The minimum absolute atomic E-state index is 0.570. The summed E-state index contributed by atoms with van der Waals surface area (Å²) < 4.78 is 0. The maximum Gasteiger partial charge on any atom is 0.136 e. The van der Waals surface area contributed by atoms with E-state index in [1.54, 1.807) is 0 Å². The third-order valence-electron chi connectivity index (χ3n) is 4.47. The van der Waals surface area contributed by atoms with Crippen LogP contribution in [0.15, 0.2) is 30.5 Å². The summed E-state index contributed by atoms with van der Waals surface area (Å²) in [6.07, 6.45) is 4.74. The SMILES string of the molecule is CNCc1cnc(N(C)C(C)C2CC2)c2ccccc12. The molecule has 2 aromatic rings. The van der Waals surface area contributed by atoms with Crippen LogP contribution >= 0.6 is 0 Å². The molecule has 1 aliphatic rings. The topological polar surface area (TPSA) is 28.2 Å². The van der Waals surface area contributed by atoms with Gasteiger partial charge in [0.2, 0.25) is 0 Å². The van der Waals surface area contributed by atoms with Crippen molar-refractivity contribution < 1.29 is 0 Å². The maximum atomic E-state index is 4.74. The highest BCUT2D eigenvalue weighted by Gasteiger charge is 2.31. The van der Waals surface area contributed by atoms with Crippen LogP contribution in [-0.2, 0) is 6.54 Å². The number of rotatable bonds is 5. The van der Waals surface area contributed by atoms with Crippen molar-refractivity contribution in [3.63, 3.8) is 0 Å². The van der Waals surface area contributed by atoms with Gasteiger partial charge in [-0.1, -0.05) is 24.3 Å². The van der Waals surface area contributed by atoms with Crippen LogP contribution < -0.4 is 10.2 Å². The highest BCUT2D eigenvalue weighted by molar-refractivity contribution is 5.94. The summed E-state index contributed by atoms with van der Waals surface area (Å²) >= 11 is 0. The molecule has 1 aromatic heterocycles. The Morgan fingerprint density at radius 2 is 2.00 bits per heavy atom. The fraction of sp³-hybridized carbons (Fsp3) is 0.471. The first-order valence-corrected chi connectivity index (χ1v) is 7.46. The van der Waals surface area contributed by atoms with Crippen molar-refractivity contribution in [2.24, 2.45) is 5.92 Å². The largest absolute Gasteiger partial charge is 0.356 e. The summed E-state index contributed by atoms with van der Waals surface area (Å²) in [6.45, 7) is 3.17. The van der Waals surface area contributed by atoms with E-state index in [1.807, 2.05) is 13.2 Å². The number of aromatic nitrogens is 1. The van der Waals surface area contributed by atoms with Crippen molar-refractivity contribution in [3.8, 4) is 0 Å². The van der Waals surface area contributed by atoms with Crippen LogP contribution in [0.4, 0.5) is 5.82 Å². The Bertz CT molecular complexity index is 604. The van der Waals surface area contributed by atoms with Crippen molar-refractivity contribution in [1.82, 2.24) is 10.3 Å². The predicted octanol–water partition coefficient (Wildman–Crippen LogP) is 3.19. The number of nitrogens with one attached hydrogen (secondary N) is 1. The van der Waals surface area contributed by atoms with Crippen LogP contribution in [0.1, 0.15) is 25.3 Å². The molecule has 0 bridgehead atoms. The van der Waals surface area contributed by atoms with Crippen molar-refractivity contribution in [2.75, 3.05) is 19.0 Å². The molecular weight excluding hydrogens is 246 g/mol. The molecule has 0 radical (unpaired) electrons. The van der Waals surface area contributed by atoms with Crippen LogP contribution in [0.2, 0.25) is 0 Å². The molecule has 3 nitrogen and oxygen atoms in total. The molecule has 1 atom stereocenters. The van der Waals surface area contributed by atoms with Gasteiger partial charge in [0.1, 0.15) is 5.82 Å². The van der Waals surface area contributed by atoms with Crippen LogP contribution in [0, 0.1) is 5.92 Å². The Balaban J connectivity index is 2.05. The summed E-state index contributed by atoms with van der Waals surface area (Å²) in [7, 11) is 4.15. The molecule has 106 valence electrons. The Morgan fingerprint density at radius 3 is 2.65 bits per heavy atom. The van der Waals surface area contributed by atoms with E-state index in [-0.39, 0.29) is 0 Å². The average molecular weight is 269 g/mol. The lowest BCUT2D eigenvalue weighted by molar-refractivity contribution is 0.605. The molecule has 1 heterocycles. The molecule has 0 saturated heterocycles. The number of pyridine rings is 1. The van der Waals surface area contributed by atoms with E-state index in [0.29, 0.717) is 6.04 Å². The molecule has 0 amide bonds. The van der Waals surface area contributed by atoms with Gasteiger partial charge in [-0.25, -0.2) is 4.98 Å². The summed E-state index contributed by atoms with van der Waals surface area (Å²) in [6, 6.07) is 9.17. The van der Waals surface area contributed by atoms with Crippen LogP contribution in [-0.4, -0.2) is 25.1 Å². The fourth-order valence-corrected chi connectivity index (χ4v) is 2.94. The summed E-state index contributed by atoms with van der Waals surface area (Å²) in [5, 5.41) is 5.79. The molecular formula is C17H23N3. The smallest absolute Gasteiger partial charge is 0.136 e. The molecule has 20 heavy (non-hydrogen) atoms. The first-order chi connectivity index (χ1) is 9.72. The number of anilines is 1. The van der Waals surface area contributed by atoms with Gasteiger partial charge in [-0.15, -0.1) is 0 Å². The minimum Gasteiger partial charge on any atom is -0.356 e. The third kappa shape index (κ3) is 2.38. The molecule has 1 aromatic carbocycles. The standard InChI is InChI=1S/C17H23N3/c1-12(13-8-9-13)20(3)17-16-7-5-4-6-15(16)14(10-18-2)11-19-17/h4-7,11-13,18H,8-10H2,1-3H3. The van der Waals surface area contributed by atoms with E-state index in [9.17, 15) is 0 Å². The Morgan fingerprint density at radius 1 is 1.30 bits per heavy atom. The average Bonchev–Trinajstić information content (AvgIpc) is 3.31. The quantitative estimate of drug-likeness (QED) is 0.903. The zero-order valence-electron chi connectivity index (χ0n) is 12.6. The monoisotopic (exact) mass is 269 g/mol. The highest BCUT2D eigenvalue weighted by Crippen LogP contribution is 2.37. The number of hydrogen-bond acceptors (Lipinski definition) is 3. The summed E-state index contributed by atoms with van der Waals surface area (Å²) in [4.78, 5) is 7.09. The van der Waals surface area contributed by atoms with E-state index >= 15 is 0 Å². The van der Waals surface area contributed by atoms with Crippen molar-refractivity contribution in [3.05, 3.63) is 36.0 Å². The second-order valence-electron chi connectivity index (χ2n) is 5.87. The molecule has 3 heteroatoms. The molecule has 1 aliphatic carbocycles. The fourth-order valence-electron chi connectivity index (χ4n) is 2.94. The summed E-state index contributed by atoms with van der Waals surface area (Å²) in [5.74, 6) is 1.96. The molecule has 1 unspecified atom stereocenters. The first kappa shape index (κ1) is 13.4. The van der Waals surface area contributed by atoms with Crippen molar-refractivity contribution in [2.45, 2.75) is 32.4 Å². The van der Waals surface area contributed by atoms with E-state index < -0.39 is 0 Å². The Labute approximate surface area is 121 Å². The molecule has 3 rings (SSSR count). The van der Waals surface area contributed by atoms with Gasteiger partial charge in [-0.05, 0) is 43.7 Å². The van der Waals surface area contributed by atoms with E-state index in [1.165, 1.54) is 29.2 Å². The van der Waals surface area contributed by atoms with E-state index in [2.05, 4.69) is 48.5 Å². The number of nitrogens with zero attached hydrogens (tertiary/aromatic N) is 2. The lowest BCUT2D eigenvalue weighted by atomic mass is 10.1. The zero-order chi connectivity index (χ0) is 14.1. The zero-order valence-corrected chi connectivity index (χ0v) is 12.6. The van der Waals surface area contributed by atoms with Crippen molar-refractivity contribution in [1.29, 1.82) is 0 Å². The molecule has 0 spiro atoms. The van der Waals surface area contributed by atoms with Gasteiger partial charge in [0, 0.05) is 31.2 Å². The Kier molecular flexibility index (Phi) is 3.62. The number of benzene rings is 1. The normalized spacial score (nSPS) is 16.4. The van der Waals surface area contributed by atoms with Gasteiger partial charge in [0.15, 0.2) is 0 Å². The predicted molar refractivity (Wildman–Crippen MR) is 85.1 cm³/mol. The molecule has 1 fully saturated rings. The minimum atomic E-state index is 0.570. The molecule has 0 aliphatic heterocycles. The molecule has 1 saturated carbocycles. The van der Waals surface area contributed by atoms with E-state index in [0.717, 1.165) is 18.3 Å². The first-order valence-electron chi connectivity index (χ1n) is 7.46. The van der Waals surface area contributed by atoms with Gasteiger partial charge in [0.25, 0.3) is 0 Å². The third-order valence-corrected chi connectivity index (χ3v) is 4.47. The van der Waals surface area contributed by atoms with Gasteiger partial charge >= 0.3 is 0 Å².